The third kappa shape index (κ3) is 2.69. The average molecular weight is 318 g/mol. The van der Waals surface area contributed by atoms with Gasteiger partial charge in [0.15, 0.2) is 0 Å². The fourth-order valence-electron chi connectivity index (χ4n) is 3.23. The van der Waals surface area contributed by atoms with Crippen LogP contribution in [0.1, 0.15) is 12.0 Å². The lowest BCUT2D eigenvalue weighted by Gasteiger charge is -2.29. The topological polar surface area (TPSA) is 51.0 Å². The third-order valence-electron chi connectivity index (χ3n) is 4.39. The van der Waals surface area contributed by atoms with Crippen LogP contribution in [0.2, 0.25) is 0 Å². The first-order valence-corrected chi connectivity index (χ1v) is 8.13. The minimum atomic E-state index is 0.0705. The zero-order chi connectivity index (χ0) is 16.4. The Labute approximate surface area is 140 Å². The van der Waals surface area contributed by atoms with Gasteiger partial charge in [0, 0.05) is 36.4 Å². The number of para-hydroxylation sites is 1. The Morgan fingerprint density at radius 1 is 1.04 bits per heavy atom. The number of carbonyl (C=O) groups excluding carboxylic acids is 1. The van der Waals surface area contributed by atoms with E-state index in [0.717, 1.165) is 36.3 Å². The fraction of sp³-hybridized carbons (Fsp3) is 0.211. The Morgan fingerprint density at radius 2 is 1.88 bits per heavy atom. The van der Waals surface area contributed by atoms with Crippen molar-refractivity contribution in [2.75, 3.05) is 11.4 Å². The van der Waals surface area contributed by atoms with Gasteiger partial charge in [-0.15, -0.1) is 0 Å². The maximum Gasteiger partial charge on any atom is 0.248 e. The first-order valence-electron chi connectivity index (χ1n) is 8.13. The highest BCUT2D eigenvalue weighted by Gasteiger charge is 2.23. The van der Waals surface area contributed by atoms with Crippen LogP contribution < -0.4 is 4.90 Å². The van der Waals surface area contributed by atoms with Gasteiger partial charge >= 0.3 is 0 Å². The van der Waals surface area contributed by atoms with Crippen LogP contribution >= 0.6 is 0 Å². The molecule has 0 saturated carbocycles. The van der Waals surface area contributed by atoms with Crippen molar-refractivity contribution in [1.82, 2.24) is 14.8 Å². The van der Waals surface area contributed by atoms with Crippen LogP contribution in [0.25, 0.3) is 11.3 Å². The summed E-state index contributed by atoms with van der Waals surface area (Å²) in [5.74, 6) is 0.0705. The summed E-state index contributed by atoms with van der Waals surface area (Å²) in [5, 5.41) is 4.33. The van der Waals surface area contributed by atoms with E-state index in [2.05, 4.69) is 16.1 Å². The predicted octanol–water partition coefficient (Wildman–Crippen LogP) is 2.92. The quantitative estimate of drug-likeness (QED) is 0.746. The van der Waals surface area contributed by atoms with Gasteiger partial charge in [0.2, 0.25) is 5.91 Å². The van der Waals surface area contributed by atoms with E-state index in [9.17, 15) is 4.79 Å². The molecule has 0 N–H and O–H groups in total. The molecule has 0 spiro atoms. The molecule has 0 unspecified atom stereocenters. The lowest BCUT2D eigenvalue weighted by atomic mass is 10.0. The average Bonchev–Trinajstić information content (AvgIpc) is 3.10. The minimum absolute atomic E-state index is 0.0705. The number of aryl methyl sites for hydroxylation is 1. The molecule has 1 amide bonds. The monoisotopic (exact) mass is 318 g/mol. The molecule has 0 aliphatic carbocycles. The molecule has 1 aromatic carbocycles. The molecule has 0 saturated heterocycles. The summed E-state index contributed by atoms with van der Waals surface area (Å²) in [7, 11) is 0. The van der Waals surface area contributed by atoms with Gasteiger partial charge in [0.05, 0.1) is 5.69 Å². The van der Waals surface area contributed by atoms with Crippen molar-refractivity contribution in [3.8, 4) is 11.3 Å². The number of aromatic nitrogens is 3. The maximum atomic E-state index is 12.9. The van der Waals surface area contributed by atoms with E-state index in [1.807, 2.05) is 41.3 Å². The fourth-order valence-corrected chi connectivity index (χ4v) is 3.23. The summed E-state index contributed by atoms with van der Waals surface area (Å²) in [6, 6.07) is 13.9. The van der Waals surface area contributed by atoms with Crippen LogP contribution in [0.4, 0.5) is 5.69 Å². The first kappa shape index (κ1) is 14.6. The summed E-state index contributed by atoms with van der Waals surface area (Å²) >= 11 is 0. The molecule has 0 fully saturated rings. The van der Waals surface area contributed by atoms with E-state index in [-0.39, 0.29) is 12.5 Å². The Morgan fingerprint density at radius 3 is 2.75 bits per heavy atom. The molecule has 120 valence electrons. The molecule has 4 rings (SSSR count). The van der Waals surface area contributed by atoms with E-state index >= 15 is 0 Å². The highest BCUT2D eigenvalue weighted by atomic mass is 16.2. The molecular weight excluding hydrogens is 300 g/mol. The Bertz CT molecular complexity index is 857. The van der Waals surface area contributed by atoms with Crippen LogP contribution in [-0.4, -0.2) is 27.2 Å². The molecule has 2 aromatic heterocycles. The molecule has 1 aliphatic heterocycles. The van der Waals surface area contributed by atoms with Gasteiger partial charge in [0.1, 0.15) is 6.54 Å². The van der Waals surface area contributed by atoms with Crippen molar-refractivity contribution in [2.45, 2.75) is 19.4 Å². The molecule has 0 atom stereocenters. The second-order valence-electron chi connectivity index (χ2n) is 5.89. The molecule has 1 aliphatic rings. The summed E-state index contributed by atoms with van der Waals surface area (Å²) in [6.45, 7) is 1.00. The number of pyridine rings is 1. The number of rotatable bonds is 3. The molecule has 0 radical (unpaired) electrons. The van der Waals surface area contributed by atoms with Gasteiger partial charge in [0.25, 0.3) is 0 Å². The smallest absolute Gasteiger partial charge is 0.248 e. The van der Waals surface area contributed by atoms with E-state index in [4.69, 9.17) is 0 Å². The van der Waals surface area contributed by atoms with Crippen molar-refractivity contribution in [2.24, 2.45) is 0 Å². The van der Waals surface area contributed by atoms with E-state index in [1.165, 1.54) is 5.56 Å². The zero-order valence-corrected chi connectivity index (χ0v) is 13.3. The van der Waals surface area contributed by atoms with Crippen LogP contribution in [0.3, 0.4) is 0 Å². The molecule has 3 heterocycles. The summed E-state index contributed by atoms with van der Waals surface area (Å²) in [4.78, 5) is 18.8. The molecule has 0 bridgehead atoms. The largest absolute Gasteiger partial charge is 0.311 e. The number of anilines is 1. The predicted molar refractivity (Wildman–Crippen MR) is 92.6 cm³/mol. The van der Waals surface area contributed by atoms with Crippen LogP contribution in [0.5, 0.6) is 0 Å². The van der Waals surface area contributed by atoms with Crippen molar-refractivity contribution < 1.29 is 4.79 Å². The van der Waals surface area contributed by atoms with E-state index in [1.54, 1.807) is 23.3 Å². The van der Waals surface area contributed by atoms with Crippen molar-refractivity contribution in [3.63, 3.8) is 0 Å². The van der Waals surface area contributed by atoms with Crippen molar-refractivity contribution >= 4 is 11.6 Å². The number of nitrogens with zero attached hydrogens (tertiary/aromatic N) is 4. The SMILES string of the molecule is O=C(Cn1nccc1-c1ccncc1)N1CCCc2ccccc21. The maximum absolute atomic E-state index is 12.9. The molecule has 3 aromatic rings. The highest BCUT2D eigenvalue weighted by Crippen LogP contribution is 2.27. The van der Waals surface area contributed by atoms with Gasteiger partial charge in [-0.25, -0.2) is 0 Å². The third-order valence-corrected chi connectivity index (χ3v) is 4.39. The van der Waals surface area contributed by atoms with Crippen LogP contribution in [0.15, 0.2) is 61.1 Å². The molecular formula is C19H18N4O. The normalized spacial score (nSPS) is 13.6. The first-order chi connectivity index (χ1) is 11.8. The lowest BCUT2D eigenvalue weighted by Crippen LogP contribution is -2.38. The van der Waals surface area contributed by atoms with Gasteiger partial charge in [-0.1, -0.05) is 18.2 Å². The Kier molecular flexibility index (Phi) is 3.83. The molecule has 24 heavy (non-hydrogen) atoms. The number of amides is 1. The Balaban J connectivity index is 1.60. The van der Waals surface area contributed by atoms with Crippen molar-refractivity contribution in [1.29, 1.82) is 0 Å². The standard InChI is InChI=1S/C19H18N4O/c24-19(22-13-3-5-15-4-1-2-6-17(15)22)14-23-18(9-12-21-23)16-7-10-20-11-8-16/h1-2,4,6-12H,3,5,13-14H2. The summed E-state index contributed by atoms with van der Waals surface area (Å²) in [6.07, 6.45) is 7.25. The van der Waals surface area contributed by atoms with Crippen molar-refractivity contribution in [3.05, 3.63) is 66.6 Å². The Hall–Kier alpha value is -2.95. The number of carbonyl (C=O) groups is 1. The highest BCUT2D eigenvalue weighted by molar-refractivity contribution is 5.94. The van der Waals surface area contributed by atoms with Gasteiger partial charge in [-0.3, -0.25) is 14.5 Å². The number of fused-ring (bicyclic) bond motifs is 1. The summed E-state index contributed by atoms with van der Waals surface area (Å²) < 4.78 is 1.76. The van der Waals surface area contributed by atoms with E-state index < -0.39 is 0 Å². The van der Waals surface area contributed by atoms with Gasteiger partial charge < -0.3 is 4.90 Å². The van der Waals surface area contributed by atoms with Gasteiger partial charge in [-0.2, -0.15) is 5.10 Å². The van der Waals surface area contributed by atoms with Crippen LogP contribution in [-0.2, 0) is 17.8 Å². The van der Waals surface area contributed by atoms with E-state index in [0.29, 0.717) is 0 Å². The molecule has 5 heteroatoms. The zero-order valence-electron chi connectivity index (χ0n) is 13.3. The van der Waals surface area contributed by atoms with Crippen LogP contribution in [0, 0.1) is 0 Å². The summed E-state index contributed by atoms with van der Waals surface area (Å²) in [5.41, 5.74) is 4.21. The number of benzene rings is 1. The molecule has 5 nitrogen and oxygen atoms in total. The minimum Gasteiger partial charge on any atom is -0.311 e. The van der Waals surface area contributed by atoms with Gasteiger partial charge in [-0.05, 0) is 42.7 Å². The number of hydrogen-bond acceptors (Lipinski definition) is 3. The number of hydrogen-bond donors (Lipinski definition) is 0. The second-order valence-corrected chi connectivity index (χ2v) is 5.89. The lowest BCUT2D eigenvalue weighted by molar-refractivity contribution is -0.119. The second kappa shape index (κ2) is 6.28.